The molecular weight excluding hydrogens is 320 g/mol. The zero-order valence-electron chi connectivity index (χ0n) is 13.6. The van der Waals surface area contributed by atoms with Gasteiger partial charge >= 0.3 is 0 Å². The summed E-state index contributed by atoms with van der Waals surface area (Å²) in [6, 6.07) is 15.7. The number of thioether (sulfide) groups is 1. The summed E-state index contributed by atoms with van der Waals surface area (Å²) in [5, 5.41) is 7.88. The number of benzene rings is 2. The summed E-state index contributed by atoms with van der Waals surface area (Å²) in [5.41, 5.74) is 4.01. The van der Waals surface area contributed by atoms with Gasteiger partial charge in [-0.25, -0.2) is 9.67 Å². The SMILES string of the molecule is Cc1ccc(NC(=O)CSc2ncn(-c3ccccc3)n2)c(C)c1. The number of carbonyl (C=O) groups is 1. The molecule has 3 rings (SSSR count). The Labute approximate surface area is 145 Å². The number of hydrogen-bond acceptors (Lipinski definition) is 4. The first kappa shape index (κ1) is 16.3. The van der Waals surface area contributed by atoms with E-state index in [-0.39, 0.29) is 11.7 Å². The zero-order chi connectivity index (χ0) is 16.9. The average molecular weight is 338 g/mol. The lowest BCUT2D eigenvalue weighted by Gasteiger charge is -2.08. The minimum Gasteiger partial charge on any atom is -0.325 e. The number of anilines is 1. The van der Waals surface area contributed by atoms with Crippen LogP contribution in [0.1, 0.15) is 11.1 Å². The van der Waals surface area contributed by atoms with E-state index in [0.717, 1.165) is 16.9 Å². The maximum atomic E-state index is 12.1. The predicted molar refractivity (Wildman–Crippen MR) is 96.6 cm³/mol. The van der Waals surface area contributed by atoms with E-state index in [2.05, 4.69) is 15.4 Å². The van der Waals surface area contributed by atoms with Crippen LogP contribution in [-0.2, 0) is 4.79 Å². The number of amides is 1. The van der Waals surface area contributed by atoms with Gasteiger partial charge in [-0.2, -0.15) is 0 Å². The molecule has 0 atom stereocenters. The maximum Gasteiger partial charge on any atom is 0.234 e. The van der Waals surface area contributed by atoms with Crippen molar-refractivity contribution in [3.8, 4) is 5.69 Å². The molecule has 24 heavy (non-hydrogen) atoms. The van der Waals surface area contributed by atoms with Crippen molar-refractivity contribution in [2.75, 3.05) is 11.1 Å². The fraction of sp³-hybridized carbons (Fsp3) is 0.167. The first-order valence-corrected chi connectivity index (χ1v) is 8.57. The first-order valence-electron chi connectivity index (χ1n) is 7.59. The molecule has 0 saturated heterocycles. The molecule has 0 bridgehead atoms. The Kier molecular flexibility index (Phi) is 4.96. The Balaban J connectivity index is 1.58. The number of carbonyl (C=O) groups excluding carboxylic acids is 1. The lowest BCUT2D eigenvalue weighted by Crippen LogP contribution is -2.15. The second-order valence-corrected chi connectivity index (χ2v) is 6.40. The number of para-hydroxylation sites is 1. The van der Waals surface area contributed by atoms with Gasteiger partial charge in [-0.1, -0.05) is 47.7 Å². The van der Waals surface area contributed by atoms with Crippen LogP contribution in [0.4, 0.5) is 5.69 Å². The molecule has 0 aliphatic carbocycles. The maximum absolute atomic E-state index is 12.1. The van der Waals surface area contributed by atoms with Gasteiger partial charge in [0.05, 0.1) is 11.4 Å². The quantitative estimate of drug-likeness (QED) is 0.722. The van der Waals surface area contributed by atoms with E-state index in [1.807, 2.05) is 62.4 Å². The van der Waals surface area contributed by atoms with E-state index >= 15 is 0 Å². The van der Waals surface area contributed by atoms with E-state index < -0.39 is 0 Å². The monoisotopic (exact) mass is 338 g/mol. The fourth-order valence-corrected chi connectivity index (χ4v) is 2.89. The highest BCUT2D eigenvalue weighted by atomic mass is 32.2. The van der Waals surface area contributed by atoms with Crippen molar-refractivity contribution in [1.29, 1.82) is 0 Å². The molecule has 6 heteroatoms. The number of nitrogens with zero attached hydrogens (tertiary/aromatic N) is 3. The highest BCUT2D eigenvalue weighted by Crippen LogP contribution is 2.18. The fourth-order valence-electron chi connectivity index (χ4n) is 2.29. The predicted octanol–water partition coefficient (Wildman–Crippen LogP) is 3.61. The number of aryl methyl sites for hydroxylation is 2. The molecule has 0 radical (unpaired) electrons. The lowest BCUT2D eigenvalue weighted by atomic mass is 10.1. The Hall–Kier alpha value is -2.60. The van der Waals surface area contributed by atoms with Crippen LogP contribution in [-0.4, -0.2) is 26.4 Å². The van der Waals surface area contributed by atoms with Crippen LogP contribution in [0.25, 0.3) is 5.69 Å². The molecule has 3 aromatic rings. The topological polar surface area (TPSA) is 59.8 Å². The second kappa shape index (κ2) is 7.31. The third-order valence-corrected chi connectivity index (χ3v) is 4.33. The van der Waals surface area contributed by atoms with Gasteiger partial charge in [0.2, 0.25) is 11.1 Å². The average Bonchev–Trinajstić information content (AvgIpc) is 3.05. The molecule has 1 amide bonds. The third-order valence-electron chi connectivity index (χ3n) is 3.48. The van der Waals surface area contributed by atoms with Crippen molar-refractivity contribution < 1.29 is 4.79 Å². The Bertz CT molecular complexity index is 845. The summed E-state index contributed by atoms with van der Waals surface area (Å²) >= 11 is 1.32. The molecule has 1 aromatic heterocycles. The summed E-state index contributed by atoms with van der Waals surface area (Å²) in [7, 11) is 0. The number of nitrogens with one attached hydrogen (secondary N) is 1. The van der Waals surface area contributed by atoms with E-state index in [0.29, 0.717) is 5.16 Å². The van der Waals surface area contributed by atoms with E-state index in [1.165, 1.54) is 17.3 Å². The summed E-state index contributed by atoms with van der Waals surface area (Å²) in [6.07, 6.45) is 1.65. The van der Waals surface area contributed by atoms with Gasteiger partial charge in [-0.05, 0) is 37.6 Å². The molecular formula is C18H18N4OS. The molecule has 1 N–H and O–H groups in total. The van der Waals surface area contributed by atoms with Crippen LogP contribution in [0.3, 0.4) is 0 Å². The molecule has 0 saturated carbocycles. The number of hydrogen-bond donors (Lipinski definition) is 1. The van der Waals surface area contributed by atoms with Crippen LogP contribution in [0, 0.1) is 13.8 Å². The number of rotatable bonds is 5. The van der Waals surface area contributed by atoms with Crippen LogP contribution in [0.5, 0.6) is 0 Å². The Morgan fingerprint density at radius 1 is 1.17 bits per heavy atom. The van der Waals surface area contributed by atoms with Gasteiger partial charge in [0.25, 0.3) is 0 Å². The minimum atomic E-state index is -0.0667. The van der Waals surface area contributed by atoms with E-state index in [1.54, 1.807) is 11.0 Å². The third kappa shape index (κ3) is 4.02. The largest absolute Gasteiger partial charge is 0.325 e. The van der Waals surface area contributed by atoms with Crippen LogP contribution in [0.2, 0.25) is 0 Å². The van der Waals surface area contributed by atoms with Gasteiger partial charge in [0.15, 0.2) is 0 Å². The van der Waals surface area contributed by atoms with Crippen LogP contribution in [0.15, 0.2) is 60.0 Å². The molecule has 0 spiro atoms. The van der Waals surface area contributed by atoms with Gasteiger partial charge in [-0.15, -0.1) is 5.10 Å². The summed E-state index contributed by atoms with van der Waals surface area (Å²) in [5.74, 6) is 0.203. The van der Waals surface area contributed by atoms with Gasteiger partial charge in [0.1, 0.15) is 6.33 Å². The van der Waals surface area contributed by atoms with E-state index in [9.17, 15) is 4.79 Å². The molecule has 0 aliphatic heterocycles. The summed E-state index contributed by atoms with van der Waals surface area (Å²) in [4.78, 5) is 16.3. The standard InChI is InChI=1S/C18H18N4OS/c1-13-8-9-16(14(2)10-13)20-17(23)11-24-18-19-12-22(21-18)15-6-4-3-5-7-15/h3-10,12H,11H2,1-2H3,(H,20,23). The van der Waals surface area contributed by atoms with Gasteiger partial charge in [-0.3, -0.25) is 4.79 Å². The smallest absolute Gasteiger partial charge is 0.234 e. The van der Waals surface area contributed by atoms with E-state index in [4.69, 9.17) is 0 Å². The van der Waals surface area contributed by atoms with Crippen LogP contribution < -0.4 is 5.32 Å². The highest BCUT2D eigenvalue weighted by molar-refractivity contribution is 7.99. The van der Waals surface area contributed by atoms with Crippen molar-refractivity contribution in [2.24, 2.45) is 0 Å². The van der Waals surface area contributed by atoms with Crippen molar-refractivity contribution in [1.82, 2.24) is 14.8 Å². The number of aromatic nitrogens is 3. The Morgan fingerprint density at radius 3 is 2.71 bits per heavy atom. The molecule has 0 fully saturated rings. The second-order valence-electron chi connectivity index (χ2n) is 5.46. The molecule has 0 aliphatic rings. The molecule has 122 valence electrons. The Morgan fingerprint density at radius 2 is 1.96 bits per heavy atom. The molecule has 2 aromatic carbocycles. The summed E-state index contributed by atoms with van der Waals surface area (Å²) < 4.78 is 1.70. The van der Waals surface area contributed by atoms with Crippen molar-refractivity contribution in [2.45, 2.75) is 19.0 Å². The normalized spacial score (nSPS) is 10.6. The van der Waals surface area contributed by atoms with Crippen molar-refractivity contribution >= 4 is 23.4 Å². The molecule has 1 heterocycles. The van der Waals surface area contributed by atoms with Crippen molar-refractivity contribution in [3.63, 3.8) is 0 Å². The van der Waals surface area contributed by atoms with Gasteiger partial charge < -0.3 is 5.32 Å². The zero-order valence-corrected chi connectivity index (χ0v) is 14.4. The van der Waals surface area contributed by atoms with Crippen LogP contribution >= 0.6 is 11.8 Å². The minimum absolute atomic E-state index is 0.0667. The first-order chi connectivity index (χ1) is 11.6. The molecule has 5 nitrogen and oxygen atoms in total. The summed E-state index contributed by atoms with van der Waals surface area (Å²) in [6.45, 7) is 4.02. The molecule has 0 unspecified atom stereocenters. The highest BCUT2D eigenvalue weighted by Gasteiger charge is 2.09. The van der Waals surface area contributed by atoms with Gasteiger partial charge in [0, 0.05) is 5.69 Å². The van der Waals surface area contributed by atoms with Crippen molar-refractivity contribution in [3.05, 3.63) is 66.0 Å². The lowest BCUT2D eigenvalue weighted by molar-refractivity contribution is -0.113.